The number of aryl methyl sites for hydroxylation is 2. The van der Waals surface area contributed by atoms with Gasteiger partial charge in [0.05, 0.1) is 11.6 Å². The molecule has 1 unspecified atom stereocenters. The van der Waals surface area contributed by atoms with Crippen LogP contribution in [0.1, 0.15) is 28.7 Å². The van der Waals surface area contributed by atoms with Gasteiger partial charge in [0, 0.05) is 26.2 Å². The smallest absolute Gasteiger partial charge is 0.122 e. The molecule has 2 aromatic carbocycles. The Hall–Kier alpha value is -2.39. The van der Waals surface area contributed by atoms with Gasteiger partial charge < -0.3 is 9.84 Å². The van der Waals surface area contributed by atoms with Crippen LogP contribution in [-0.4, -0.2) is 60.3 Å². The topological polar surface area (TPSA) is 59.7 Å². The number of benzene rings is 2. The van der Waals surface area contributed by atoms with E-state index < -0.39 is 6.10 Å². The first-order chi connectivity index (χ1) is 14.0. The molecule has 1 aliphatic rings. The maximum Gasteiger partial charge on any atom is 0.122 e. The second-order valence-corrected chi connectivity index (χ2v) is 7.97. The van der Waals surface area contributed by atoms with Crippen LogP contribution in [0.4, 0.5) is 0 Å². The minimum Gasteiger partial charge on any atom is -0.491 e. The summed E-state index contributed by atoms with van der Waals surface area (Å²) in [5, 5.41) is 19.4. The van der Waals surface area contributed by atoms with Gasteiger partial charge >= 0.3 is 0 Å². The predicted molar refractivity (Wildman–Crippen MR) is 115 cm³/mol. The van der Waals surface area contributed by atoms with Crippen molar-refractivity contribution in [2.24, 2.45) is 0 Å². The van der Waals surface area contributed by atoms with Crippen molar-refractivity contribution in [2.45, 2.75) is 32.9 Å². The summed E-state index contributed by atoms with van der Waals surface area (Å²) in [5.41, 5.74) is 4.19. The van der Waals surface area contributed by atoms with E-state index in [2.05, 4.69) is 21.9 Å². The van der Waals surface area contributed by atoms with Gasteiger partial charge in [0.2, 0.25) is 0 Å². The molecule has 0 saturated carbocycles. The van der Waals surface area contributed by atoms with Crippen LogP contribution in [0.2, 0.25) is 0 Å². The van der Waals surface area contributed by atoms with Crippen LogP contribution in [0.5, 0.6) is 5.75 Å². The SMILES string of the molecule is Cc1ccc(C)c(OCC(O)CN2CCCN(Cc3ccc(C#N)cc3)CC2)c1. The van der Waals surface area contributed by atoms with Gasteiger partial charge in [-0.2, -0.15) is 5.26 Å². The lowest BCUT2D eigenvalue weighted by Crippen LogP contribution is -2.38. The molecule has 3 rings (SSSR count). The molecular formula is C24H31N3O2. The van der Waals surface area contributed by atoms with Crippen molar-refractivity contribution in [3.05, 3.63) is 64.7 Å². The number of nitrogens with zero attached hydrogens (tertiary/aromatic N) is 3. The van der Waals surface area contributed by atoms with Gasteiger partial charge in [-0.1, -0.05) is 24.3 Å². The van der Waals surface area contributed by atoms with Gasteiger partial charge in [-0.25, -0.2) is 0 Å². The minimum atomic E-state index is -0.500. The van der Waals surface area contributed by atoms with Crippen LogP contribution >= 0.6 is 0 Å². The maximum absolute atomic E-state index is 10.5. The Morgan fingerprint density at radius 2 is 1.76 bits per heavy atom. The summed E-state index contributed by atoms with van der Waals surface area (Å²) in [5.74, 6) is 0.855. The molecule has 0 amide bonds. The lowest BCUT2D eigenvalue weighted by atomic mass is 10.1. The second kappa shape index (κ2) is 10.4. The second-order valence-electron chi connectivity index (χ2n) is 7.97. The fourth-order valence-electron chi connectivity index (χ4n) is 3.71. The summed E-state index contributed by atoms with van der Waals surface area (Å²) in [4.78, 5) is 4.77. The van der Waals surface area contributed by atoms with Crippen molar-refractivity contribution in [2.75, 3.05) is 39.3 Å². The standard InChI is InChI=1S/C24H31N3O2/c1-19-4-5-20(2)24(14-19)29-18-23(28)17-27-11-3-10-26(12-13-27)16-22-8-6-21(15-25)7-9-22/h4-9,14,23,28H,3,10-13,16-18H2,1-2H3. The average Bonchev–Trinajstić information content (AvgIpc) is 2.94. The fraction of sp³-hybridized carbons (Fsp3) is 0.458. The van der Waals surface area contributed by atoms with Crippen LogP contribution in [0.3, 0.4) is 0 Å². The van der Waals surface area contributed by atoms with Crippen LogP contribution in [0.15, 0.2) is 42.5 Å². The van der Waals surface area contributed by atoms with Crippen molar-refractivity contribution in [1.82, 2.24) is 9.80 Å². The summed E-state index contributed by atoms with van der Waals surface area (Å²) < 4.78 is 5.86. The lowest BCUT2D eigenvalue weighted by molar-refractivity contribution is 0.0690. The Balaban J connectivity index is 1.44. The molecular weight excluding hydrogens is 362 g/mol. The highest BCUT2D eigenvalue weighted by atomic mass is 16.5. The molecule has 1 aliphatic heterocycles. The third-order valence-corrected chi connectivity index (χ3v) is 5.41. The molecule has 0 bridgehead atoms. The number of hydrogen-bond donors (Lipinski definition) is 1. The molecule has 0 aliphatic carbocycles. The Bertz CT molecular complexity index is 829. The largest absolute Gasteiger partial charge is 0.491 e. The highest BCUT2D eigenvalue weighted by molar-refractivity contribution is 5.36. The van der Waals surface area contributed by atoms with E-state index in [0.29, 0.717) is 18.7 Å². The number of β-amino-alcohol motifs (C(OH)–C–C–N with tert-alkyl or cyclic N) is 1. The number of nitriles is 1. The first-order valence-corrected chi connectivity index (χ1v) is 10.4. The molecule has 1 saturated heterocycles. The zero-order valence-electron chi connectivity index (χ0n) is 17.5. The molecule has 29 heavy (non-hydrogen) atoms. The molecule has 0 radical (unpaired) electrons. The van der Waals surface area contributed by atoms with Crippen molar-refractivity contribution in [1.29, 1.82) is 5.26 Å². The maximum atomic E-state index is 10.5. The van der Waals surface area contributed by atoms with Crippen molar-refractivity contribution < 1.29 is 9.84 Å². The van der Waals surface area contributed by atoms with Crippen molar-refractivity contribution in [3.8, 4) is 11.8 Å². The molecule has 1 N–H and O–H groups in total. The molecule has 154 valence electrons. The van der Waals surface area contributed by atoms with Crippen molar-refractivity contribution in [3.63, 3.8) is 0 Å². The van der Waals surface area contributed by atoms with Crippen LogP contribution in [-0.2, 0) is 6.54 Å². The van der Waals surface area contributed by atoms with Gasteiger partial charge in [0.25, 0.3) is 0 Å². The van der Waals surface area contributed by atoms with E-state index in [1.807, 2.05) is 50.2 Å². The Morgan fingerprint density at radius 3 is 2.52 bits per heavy atom. The minimum absolute atomic E-state index is 0.315. The van der Waals surface area contributed by atoms with Crippen molar-refractivity contribution >= 4 is 0 Å². The quantitative estimate of drug-likeness (QED) is 0.783. The van der Waals surface area contributed by atoms with E-state index in [1.165, 1.54) is 5.56 Å². The lowest BCUT2D eigenvalue weighted by Gasteiger charge is -2.24. The molecule has 0 aromatic heterocycles. The van der Waals surface area contributed by atoms with E-state index in [9.17, 15) is 5.11 Å². The molecule has 1 atom stereocenters. The zero-order chi connectivity index (χ0) is 20.6. The van der Waals surface area contributed by atoms with Crippen LogP contribution in [0, 0.1) is 25.2 Å². The van der Waals surface area contributed by atoms with Gasteiger partial charge in [-0.15, -0.1) is 0 Å². The van der Waals surface area contributed by atoms with Crippen LogP contribution < -0.4 is 4.74 Å². The summed E-state index contributed by atoms with van der Waals surface area (Å²) in [6, 6.07) is 16.1. The molecule has 1 heterocycles. The van der Waals surface area contributed by atoms with E-state index in [1.54, 1.807) is 0 Å². The highest BCUT2D eigenvalue weighted by Gasteiger charge is 2.18. The normalized spacial score (nSPS) is 16.8. The summed E-state index contributed by atoms with van der Waals surface area (Å²) >= 11 is 0. The Labute approximate surface area is 174 Å². The molecule has 0 spiro atoms. The Kier molecular flexibility index (Phi) is 7.65. The Morgan fingerprint density at radius 1 is 1.03 bits per heavy atom. The van der Waals surface area contributed by atoms with Crippen LogP contribution in [0.25, 0.3) is 0 Å². The predicted octanol–water partition coefficient (Wildman–Crippen LogP) is 3.12. The number of aliphatic hydroxyl groups excluding tert-OH is 1. The third kappa shape index (κ3) is 6.57. The monoisotopic (exact) mass is 393 g/mol. The number of aliphatic hydroxyl groups is 1. The number of hydrogen-bond acceptors (Lipinski definition) is 5. The van der Waals surface area contributed by atoms with E-state index in [0.717, 1.165) is 56.0 Å². The van der Waals surface area contributed by atoms with Gasteiger partial charge in [-0.05, 0) is 68.2 Å². The molecule has 1 fully saturated rings. The zero-order valence-corrected chi connectivity index (χ0v) is 17.5. The average molecular weight is 394 g/mol. The van der Waals surface area contributed by atoms with E-state index >= 15 is 0 Å². The van der Waals surface area contributed by atoms with Gasteiger partial charge in [0.1, 0.15) is 18.5 Å². The fourth-order valence-corrected chi connectivity index (χ4v) is 3.71. The summed E-state index contributed by atoms with van der Waals surface area (Å²) in [7, 11) is 0. The van der Waals surface area contributed by atoms with Gasteiger partial charge in [0.15, 0.2) is 0 Å². The van der Waals surface area contributed by atoms with E-state index in [4.69, 9.17) is 10.00 Å². The third-order valence-electron chi connectivity index (χ3n) is 5.41. The molecule has 2 aromatic rings. The van der Waals surface area contributed by atoms with Gasteiger partial charge in [-0.3, -0.25) is 9.80 Å². The first kappa shape index (κ1) is 21.3. The highest BCUT2D eigenvalue weighted by Crippen LogP contribution is 2.19. The molecule has 5 heteroatoms. The summed E-state index contributed by atoms with van der Waals surface area (Å²) in [6.45, 7) is 9.88. The van der Waals surface area contributed by atoms with E-state index in [-0.39, 0.29) is 0 Å². The number of rotatable bonds is 7. The molecule has 5 nitrogen and oxygen atoms in total. The first-order valence-electron chi connectivity index (χ1n) is 10.4. The summed E-state index contributed by atoms with van der Waals surface area (Å²) in [6.07, 6.45) is 0.584. The number of ether oxygens (including phenoxy) is 1.